The highest BCUT2D eigenvalue weighted by molar-refractivity contribution is 6.35. The molecule has 0 bridgehead atoms. The Kier molecular flexibility index (Phi) is 5.99. The second kappa shape index (κ2) is 8.09. The summed E-state index contributed by atoms with van der Waals surface area (Å²) in [6.45, 7) is 8.02. The highest BCUT2D eigenvalue weighted by atomic mass is 35.5. The number of rotatable bonds is 6. The van der Waals surface area contributed by atoms with Crippen molar-refractivity contribution in [1.29, 1.82) is 0 Å². The van der Waals surface area contributed by atoms with E-state index in [9.17, 15) is 9.59 Å². The minimum Gasteiger partial charge on any atom is -0.492 e. The van der Waals surface area contributed by atoms with E-state index in [-0.39, 0.29) is 11.8 Å². The highest BCUT2D eigenvalue weighted by Gasteiger charge is 2.37. The second-order valence-corrected chi connectivity index (χ2v) is 9.05. The predicted molar refractivity (Wildman–Crippen MR) is 106 cm³/mol. The van der Waals surface area contributed by atoms with E-state index >= 15 is 0 Å². The maximum atomic E-state index is 12.9. The van der Waals surface area contributed by atoms with Gasteiger partial charge in [0.15, 0.2) is 0 Å². The molecule has 1 saturated carbocycles. The van der Waals surface area contributed by atoms with Gasteiger partial charge < -0.3 is 15.0 Å². The molecule has 0 radical (unpaired) electrons. The monoisotopic (exact) mass is 392 g/mol. The van der Waals surface area contributed by atoms with Crippen molar-refractivity contribution in [2.75, 3.05) is 19.7 Å². The van der Waals surface area contributed by atoms with E-state index in [0.29, 0.717) is 28.9 Å². The first-order valence-corrected chi connectivity index (χ1v) is 10.2. The summed E-state index contributed by atoms with van der Waals surface area (Å²) < 4.78 is 5.77. The van der Waals surface area contributed by atoms with Crippen molar-refractivity contribution in [2.24, 2.45) is 11.3 Å². The normalized spacial score (nSPS) is 18.3. The third-order valence-corrected chi connectivity index (χ3v) is 5.58. The van der Waals surface area contributed by atoms with Crippen molar-refractivity contribution < 1.29 is 14.3 Å². The zero-order valence-electron chi connectivity index (χ0n) is 16.4. The summed E-state index contributed by atoms with van der Waals surface area (Å²) in [6, 6.07) is 4.60. The van der Waals surface area contributed by atoms with Gasteiger partial charge in [0.1, 0.15) is 11.8 Å². The fourth-order valence-corrected chi connectivity index (χ4v) is 3.53. The number of nitrogens with one attached hydrogen (secondary N) is 1. The Morgan fingerprint density at radius 3 is 2.52 bits per heavy atom. The largest absolute Gasteiger partial charge is 0.492 e. The molecule has 1 aliphatic carbocycles. The average molecular weight is 393 g/mol. The molecule has 1 aromatic carbocycles. The highest BCUT2D eigenvalue weighted by Crippen LogP contribution is 2.33. The van der Waals surface area contributed by atoms with Crippen molar-refractivity contribution >= 4 is 23.4 Å². The van der Waals surface area contributed by atoms with Crippen LogP contribution in [0, 0.1) is 11.3 Å². The third kappa shape index (κ3) is 4.95. The first kappa shape index (κ1) is 20.0. The number of hydrogen-bond acceptors (Lipinski definition) is 3. The summed E-state index contributed by atoms with van der Waals surface area (Å²) in [5, 5.41) is 3.23. The summed E-state index contributed by atoms with van der Waals surface area (Å²) in [7, 11) is 0. The van der Waals surface area contributed by atoms with Gasteiger partial charge in [0.25, 0.3) is 5.91 Å². The molecule has 3 rings (SSSR count). The summed E-state index contributed by atoms with van der Waals surface area (Å²) in [4.78, 5) is 27.7. The van der Waals surface area contributed by atoms with Crippen LogP contribution in [0.1, 0.15) is 56.8 Å². The van der Waals surface area contributed by atoms with Gasteiger partial charge in [-0.25, -0.2) is 0 Å². The number of halogens is 1. The Bertz CT molecular complexity index is 704. The molecule has 1 unspecified atom stereocenters. The topological polar surface area (TPSA) is 58.6 Å². The Hall–Kier alpha value is -1.75. The standard InChI is InChI=1S/C21H29ClN2O3/c1-21(2,3)18(20(26)24-11-4-5-12-24)23-19(25)15-7-6-8-16(17(15)22)27-13-14-9-10-14/h6-8,14,18H,4-5,9-13H2,1-3H3,(H,23,25). The van der Waals surface area contributed by atoms with Gasteiger partial charge in [-0.2, -0.15) is 0 Å². The van der Waals surface area contributed by atoms with E-state index in [1.165, 1.54) is 12.8 Å². The van der Waals surface area contributed by atoms with Crippen LogP contribution in [0.5, 0.6) is 5.75 Å². The SMILES string of the molecule is CC(C)(C)C(NC(=O)c1cccc(OCC2CC2)c1Cl)C(=O)N1CCCC1. The fourth-order valence-electron chi connectivity index (χ4n) is 3.27. The van der Waals surface area contributed by atoms with Crippen LogP contribution in [0.15, 0.2) is 18.2 Å². The van der Waals surface area contributed by atoms with E-state index in [2.05, 4.69) is 5.32 Å². The van der Waals surface area contributed by atoms with Crippen molar-refractivity contribution in [3.8, 4) is 5.75 Å². The third-order valence-electron chi connectivity index (χ3n) is 5.19. The van der Waals surface area contributed by atoms with Crippen LogP contribution in [-0.4, -0.2) is 42.5 Å². The average Bonchev–Trinajstić information content (AvgIpc) is 3.27. The van der Waals surface area contributed by atoms with E-state index < -0.39 is 11.5 Å². The molecule has 5 nitrogen and oxygen atoms in total. The van der Waals surface area contributed by atoms with Crippen LogP contribution < -0.4 is 10.1 Å². The number of likely N-dealkylation sites (tertiary alicyclic amines) is 1. The lowest BCUT2D eigenvalue weighted by Crippen LogP contribution is -2.54. The van der Waals surface area contributed by atoms with E-state index in [1.54, 1.807) is 18.2 Å². The number of ether oxygens (including phenoxy) is 1. The summed E-state index contributed by atoms with van der Waals surface area (Å²) in [6.07, 6.45) is 4.40. The predicted octanol–water partition coefficient (Wildman–Crippen LogP) is 3.90. The maximum Gasteiger partial charge on any atom is 0.253 e. The smallest absolute Gasteiger partial charge is 0.253 e. The molecule has 1 saturated heterocycles. The summed E-state index contributed by atoms with van der Waals surface area (Å²) >= 11 is 6.43. The molecule has 2 amide bonds. The number of benzene rings is 1. The van der Waals surface area contributed by atoms with Gasteiger partial charge in [-0.15, -0.1) is 0 Å². The van der Waals surface area contributed by atoms with Gasteiger partial charge in [-0.1, -0.05) is 38.4 Å². The Morgan fingerprint density at radius 1 is 1.26 bits per heavy atom. The van der Waals surface area contributed by atoms with Gasteiger partial charge >= 0.3 is 0 Å². The summed E-state index contributed by atoms with van der Waals surface area (Å²) in [5.41, 5.74) is -0.0598. The molecule has 1 aliphatic heterocycles. The zero-order chi connectivity index (χ0) is 19.6. The number of amides is 2. The van der Waals surface area contributed by atoms with Gasteiger partial charge in [-0.3, -0.25) is 9.59 Å². The molecular weight excluding hydrogens is 364 g/mol. The van der Waals surface area contributed by atoms with Crippen LogP contribution in [0.25, 0.3) is 0 Å². The van der Waals surface area contributed by atoms with Crippen molar-refractivity contribution in [1.82, 2.24) is 10.2 Å². The van der Waals surface area contributed by atoms with E-state index in [4.69, 9.17) is 16.3 Å². The van der Waals surface area contributed by atoms with Crippen LogP contribution in [-0.2, 0) is 4.79 Å². The molecule has 0 spiro atoms. The molecular formula is C21H29ClN2O3. The Labute approximate surface area is 166 Å². The summed E-state index contributed by atoms with van der Waals surface area (Å²) in [5.74, 6) is 0.756. The van der Waals surface area contributed by atoms with Crippen molar-refractivity contribution in [3.63, 3.8) is 0 Å². The Morgan fingerprint density at radius 2 is 1.93 bits per heavy atom. The molecule has 1 N–H and O–H groups in total. The minimum atomic E-state index is -0.602. The van der Waals surface area contributed by atoms with E-state index in [0.717, 1.165) is 25.9 Å². The Balaban J connectivity index is 1.74. The minimum absolute atomic E-state index is 0.0226. The first-order valence-electron chi connectivity index (χ1n) is 9.78. The van der Waals surface area contributed by atoms with E-state index in [1.807, 2.05) is 25.7 Å². The van der Waals surface area contributed by atoms with Gasteiger partial charge in [0.2, 0.25) is 5.91 Å². The van der Waals surface area contributed by atoms with Gasteiger partial charge in [0, 0.05) is 13.1 Å². The number of hydrogen-bond donors (Lipinski definition) is 1. The van der Waals surface area contributed by atoms with Crippen molar-refractivity contribution in [2.45, 2.75) is 52.5 Å². The fraction of sp³-hybridized carbons (Fsp3) is 0.619. The number of nitrogens with zero attached hydrogens (tertiary/aromatic N) is 1. The zero-order valence-corrected chi connectivity index (χ0v) is 17.1. The van der Waals surface area contributed by atoms with Gasteiger partial charge in [-0.05, 0) is 49.1 Å². The van der Waals surface area contributed by atoms with Crippen molar-refractivity contribution in [3.05, 3.63) is 28.8 Å². The molecule has 148 valence electrons. The molecule has 1 aromatic rings. The molecule has 2 aliphatic rings. The lowest BCUT2D eigenvalue weighted by Gasteiger charge is -2.33. The molecule has 27 heavy (non-hydrogen) atoms. The molecule has 1 atom stereocenters. The lowest BCUT2D eigenvalue weighted by molar-refractivity contribution is -0.134. The molecule has 6 heteroatoms. The molecule has 2 fully saturated rings. The van der Waals surface area contributed by atoms with Gasteiger partial charge in [0.05, 0.1) is 17.2 Å². The van der Waals surface area contributed by atoms with Crippen LogP contribution in [0.4, 0.5) is 0 Å². The number of carbonyl (C=O) groups is 2. The van der Waals surface area contributed by atoms with Crippen LogP contribution in [0.2, 0.25) is 5.02 Å². The lowest BCUT2D eigenvalue weighted by atomic mass is 9.85. The molecule has 0 aromatic heterocycles. The number of carbonyl (C=O) groups excluding carboxylic acids is 2. The molecule has 1 heterocycles. The maximum absolute atomic E-state index is 12.9. The first-order chi connectivity index (χ1) is 12.8. The quantitative estimate of drug-likeness (QED) is 0.798. The van der Waals surface area contributed by atoms with Crippen LogP contribution in [0.3, 0.4) is 0 Å². The van der Waals surface area contributed by atoms with Crippen LogP contribution >= 0.6 is 11.6 Å². The second-order valence-electron chi connectivity index (χ2n) is 8.68.